The van der Waals surface area contributed by atoms with Crippen LogP contribution in [0.5, 0.6) is 0 Å². The smallest absolute Gasteiger partial charge is 0.0763 e. The van der Waals surface area contributed by atoms with Crippen LogP contribution in [0, 0.1) is 0 Å². The summed E-state index contributed by atoms with van der Waals surface area (Å²) in [6.07, 6.45) is 9.43. The lowest BCUT2D eigenvalue weighted by Gasteiger charge is -2.06. The van der Waals surface area contributed by atoms with Crippen LogP contribution in [-0.2, 0) is 4.74 Å². The molecule has 1 aliphatic rings. The van der Waals surface area contributed by atoms with Gasteiger partial charge in [0.25, 0.3) is 0 Å². The molecule has 1 heterocycles. The average molecular weight is 166 g/mol. The van der Waals surface area contributed by atoms with E-state index in [-0.39, 0.29) is 0 Å². The van der Waals surface area contributed by atoms with E-state index < -0.39 is 0 Å². The maximum Gasteiger partial charge on any atom is 0.0763 e. The van der Waals surface area contributed by atoms with Gasteiger partial charge in [-0.15, -0.1) is 6.58 Å². The van der Waals surface area contributed by atoms with E-state index in [0.29, 0.717) is 6.10 Å². The quantitative estimate of drug-likeness (QED) is 0.450. The van der Waals surface area contributed by atoms with E-state index in [1.165, 1.54) is 24.8 Å². The molecule has 0 aromatic rings. The van der Waals surface area contributed by atoms with E-state index in [0.717, 1.165) is 13.0 Å². The number of ether oxygens (including phenoxy) is 1. The second-order valence-electron chi connectivity index (χ2n) is 3.44. The molecule has 1 nitrogen and oxygen atoms in total. The van der Waals surface area contributed by atoms with Gasteiger partial charge < -0.3 is 4.74 Å². The minimum Gasteiger partial charge on any atom is -0.370 e. The minimum atomic E-state index is 0.398. The normalized spacial score (nSPS) is 22.4. The van der Waals surface area contributed by atoms with Crippen LogP contribution < -0.4 is 0 Å². The largest absolute Gasteiger partial charge is 0.370 e. The highest BCUT2D eigenvalue weighted by molar-refractivity contribution is 5.07. The Labute approximate surface area is 75.1 Å². The highest BCUT2D eigenvalue weighted by Crippen LogP contribution is 2.16. The third-order valence-electron chi connectivity index (χ3n) is 2.14. The Kier molecular flexibility index (Phi) is 4.09. The van der Waals surface area contributed by atoms with Gasteiger partial charge in [-0.1, -0.05) is 18.6 Å². The molecule has 68 valence electrons. The van der Waals surface area contributed by atoms with Gasteiger partial charge in [0.2, 0.25) is 0 Å². The van der Waals surface area contributed by atoms with Crippen LogP contribution in [0.3, 0.4) is 0 Å². The SMILES string of the molecule is C=CCCCCC1C=C(C)CO1. The van der Waals surface area contributed by atoms with Crippen molar-refractivity contribution in [3.63, 3.8) is 0 Å². The van der Waals surface area contributed by atoms with Gasteiger partial charge >= 0.3 is 0 Å². The standard InChI is InChI=1S/C11H18O/c1-3-4-5-6-7-11-8-10(2)9-12-11/h3,8,11H,1,4-7,9H2,2H3. The molecule has 0 bridgehead atoms. The van der Waals surface area contributed by atoms with Crippen molar-refractivity contribution >= 4 is 0 Å². The first-order valence-electron chi connectivity index (χ1n) is 4.72. The number of hydrogen-bond donors (Lipinski definition) is 0. The van der Waals surface area contributed by atoms with Gasteiger partial charge in [-0.05, 0) is 31.8 Å². The Balaban J connectivity index is 2.04. The summed E-state index contributed by atoms with van der Waals surface area (Å²) in [4.78, 5) is 0. The fourth-order valence-electron chi connectivity index (χ4n) is 1.45. The predicted molar refractivity (Wildman–Crippen MR) is 52.2 cm³/mol. The molecule has 12 heavy (non-hydrogen) atoms. The molecule has 1 heteroatoms. The second-order valence-corrected chi connectivity index (χ2v) is 3.44. The zero-order valence-corrected chi connectivity index (χ0v) is 7.88. The summed E-state index contributed by atoms with van der Waals surface area (Å²) in [5, 5.41) is 0. The number of unbranched alkanes of at least 4 members (excludes halogenated alkanes) is 2. The van der Waals surface area contributed by atoms with Gasteiger partial charge in [-0.2, -0.15) is 0 Å². The molecule has 1 rings (SSSR count). The van der Waals surface area contributed by atoms with Gasteiger partial charge in [0.1, 0.15) is 0 Å². The summed E-state index contributed by atoms with van der Waals surface area (Å²) >= 11 is 0. The molecule has 0 aromatic heterocycles. The molecular formula is C11H18O. The van der Waals surface area contributed by atoms with Gasteiger partial charge in [0.15, 0.2) is 0 Å². The molecule has 1 atom stereocenters. The van der Waals surface area contributed by atoms with Crippen molar-refractivity contribution < 1.29 is 4.74 Å². The lowest BCUT2D eigenvalue weighted by atomic mass is 10.1. The number of hydrogen-bond acceptors (Lipinski definition) is 1. The highest BCUT2D eigenvalue weighted by Gasteiger charge is 2.11. The highest BCUT2D eigenvalue weighted by atomic mass is 16.5. The summed E-state index contributed by atoms with van der Waals surface area (Å²) in [5.41, 5.74) is 1.38. The Bertz CT molecular complexity index is 170. The van der Waals surface area contributed by atoms with Crippen LogP contribution in [0.1, 0.15) is 32.6 Å². The van der Waals surface area contributed by atoms with Crippen molar-refractivity contribution in [2.24, 2.45) is 0 Å². The second kappa shape index (κ2) is 5.15. The van der Waals surface area contributed by atoms with Crippen LogP contribution in [0.15, 0.2) is 24.3 Å². The fourth-order valence-corrected chi connectivity index (χ4v) is 1.45. The summed E-state index contributed by atoms with van der Waals surface area (Å²) in [6, 6.07) is 0. The van der Waals surface area contributed by atoms with Gasteiger partial charge in [0.05, 0.1) is 12.7 Å². The van der Waals surface area contributed by atoms with Crippen molar-refractivity contribution in [3.8, 4) is 0 Å². The van der Waals surface area contributed by atoms with Gasteiger partial charge in [0, 0.05) is 0 Å². The molecule has 1 aliphatic heterocycles. The van der Waals surface area contributed by atoms with Crippen molar-refractivity contribution in [3.05, 3.63) is 24.3 Å². The summed E-state index contributed by atoms with van der Waals surface area (Å²) in [6.45, 7) is 6.67. The molecule has 0 N–H and O–H groups in total. The van der Waals surface area contributed by atoms with Crippen LogP contribution in [0.25, 0.3) is 0 Å². The lowest BCUT2D eigenvalue weighted by Crippen LogP contribution is -2.03. The molecule has 0 saturated heterocycles. The van der Waals surface area contributed by atoms with Gasteiger partial charge in [-0.3, -0.25) is 0 Å². The molecule has 0 aliphatic carbocycles. The van der Waals surface area contributed by atoms with Crippen molar-refractivity contribution in [2.45, 2.75) is 38.7 Å². The fraction of sp³-hybridized carbons (Fsp3) is 0.636. The van der Waals surface area contributed by atoms with Crippen LogP contribution >= 0.6 is 0 Å². The van der Waals surface area contributed by atoms with Crippen molar-refractivity contribution in [2.75, 3.05) is 6.61 Å². The molecule has 0 aromatic carbocycles. The minimum absolute atomic E-state index is 0.398. The topological polar surface area (TPSA) is 9.23 Å². The molecule has 0 amide bonds. The molecule has 0 fully saturated rings. The van der Waals surface area contributed by atoms with E-state index in [4.69, 9.17) is 4.74 Å². The first-order valence-corrected chi connectivity index (χ1v) is 4.72. The Hall–Kier alpha value is -0.560. The summed E-state index contributed by atoms with van der Waals surface area (Å²) in [5.74, 6) is 0. The summed E-state index contributed by atoms with van der Waals surface area (Å²) in [7, 11) is 0. The molecule has 0 spiro atoms. The lowest BCUT2D eigenvalue weighted by molar-refractivity contribution is 0.117. The zero-order chi connectivity index (χ0) is 8.81. The maximum atomic E-state index is 5.53. The molecular weight excluding hydrogens is 148 g/mol. The number of rotatable bonds is 5. The molecule has 1 unspecified atom stereocenters. The van der Waals surface area contributed by atoms with E-state index in [2.05, 4.69) is 19.6 Å². The Morgan fingerprint density at radius 1 is 1.67 bits per heavy atom. The molecule has 0 saturated carbocycles. The zero-order valence-electron chi connectivity index (χ0n) is 7.88. The first-order chi connectivity index (χ1) is 5.83. The Morgan fingerprint density at radius 2 is 2.50 bits per heavy atom. The van der Waals surface area contributed by atoms with E-state index in [9.17, 15) is 0 Å². The predicted octanol–water partition coefficient (Wildman–Crippen LogP) is 3.08. The maximum absolute atomic E-state index is 5.53. The third-order valence-corrected chi connectivity index (χ3v) is 2.14. The summed E-state index contributed by atoms with van der Waals surface area (Å²) < 4.78 is 5.53. The van der Waals surface area contributed by atoms with E-state index in [1.807, 2.05) is 6.08 Å². The third kappa shape index (κ3) is 3.22. The first kappa shape index (κ1) is 9.53. The number of allylic oxidation sites excluding steroid dienone is 1. The van der Waals surface area contributed by atoms with Gasteiger partial charge in [-0.25, -0.2) is 0 Å². The van der Waals surface area contributed by atoms with Crippen LogP contribution in [0.4, 0.5) is 0 Å². The van der Waals surface area contributed by atoms with Crippen molar-refractivity contribution in [1.82, 2.24) is 0 Å². The molecule has 0 radical (unpaired) electrons. The monoisotopic (exact) mass is 166 g/mol. The van der Waals surface area contributed by atoms with Crippen LogP contribution in [0.2, 0.25) is 0 Å². The van der Waals surface area contributed by atoms with Crippen LogP contribution in [-0.4, -0.2) is 12.7 Å². The van der Waals surface area contributed by atoms with Crippen molar-refractivity contribution in [1.29, 1.82) is 0 Å². The average Bonchev–Trinajstić information content (AvgIpc) is 2.45. The van der Waals surface area contributed by atoms with E-state index in [1.54, 1.807) is 0 Å². The van der Waals surface area contributed by atoms with E-state index >= 15 is 0 Å². The Morgan fingerprint density at radius 3 is 3.08 bits per heavy atom.